The Balaban J connectivity index is 0.890. The fraction of sp³-hybridized carbons (Fsp3) is 0.571. The van der Waals surface area contributed by atoms with Gasteiger partial charge >= 0.3 is 28.9 Å². The van der Waals surface area contributed by atoms with E-state index in [1.54, 1.807) is 0 Å². The Morgan fingerprint density at radius 1 is 0.740 bits per heavy atom. The number of aliphatic hydroxyl groups is 3. The van der Waals surface area contributed by atoms with Crippen molar-refractivity contribution in [1.82, 2.24) is 58.4 Å². The van der Waals surface area contributed by atoms with Crippen LogP contribution in [0.5, 0.6) is 0 Å². The fourth-order valence-electron chi connectivity index (χ4n) is 9.23. The van der Waals surface area contributed by atoms with E-state index in [1.807, 2.05) is 0 Å². The van der Waals surface area contributed by atoms with Gasteiger partial charge in [0.25, 0.3) is 16.7 Å². The number of imidazole rings is 3. The summed E-state index contributed by atoms with van der Waals surface area (Å²) in [5, 5.41) is 33.4. The number of nitrogen functional groups attached to an aromatic ring is 3. The molecular weight excluding hydrogens is 1120 g/mol. The van der Waals surface area contributed by atoms with Crippen molar-refractivity contribution in [2.75, 3.05) is 57.8 Å². The van der Waals surface area contributed by atoms with Gasteiger partial charge in [-0.3, -0.25) is 37.7 Å². The van der Waals surface area contributed by atoms with Crippen LogP contribution in [-0.4, -0.2) is 173 Å². The lowest BCUT2D eigenvalue weighted by molar-refractivity contribution is -0.646. The Bertz CT molecular complexity index is 3510. The van der Waals surface area contributed by atoms with Crippen LogP contribution in [-0.2, 0) is 66.9 Å². The second-order valence-electron chi connectivity index (χ2n) is 17.5. The number of phosphoric acid groups is 1. The minimum atomic E-state index is -5.95. The molecule has 6 aromatic rings. The zero-order chi connectivity index (χ0) is 55.7. The second kappa shape index (κ2) is 21.5. The van der Waals surface area contributed by atoms with Crippen LogP contribution >= 0.6 is 30.9 Å². The molecule has 3 saturated heterocycles. The van der Waals surface area contributed by atoms with Crippen LogP contribution < -0.4 is 42.6 Å². The van der Waals surface area contributed by atoms with Crippen LogP contribution in [0.4, 0.5) is 17.7 Å². The van der Waals surface area contributed by atoms with Crippen molar-refractivity contribution in [1.29, 1.82) is 0 Å². The Morgan fingerprint density at radius 3 is 2.05 bits per heavy atom. The number of rotatable bonds is 21. The van der Waals surface area contributed by atoms with Crippen LogP contribution in [0.25, 0.3) is 33.5 Å². The molecule has 0 radical (unpaired) electrons. The standard InChI is InChI=1S/C35H50N16O22P4/c1-48-12-51(28-19(48)30(56)46-35(38)44-28)31-20(52)13(4-5-65-2)14(70-31)6-69-77(63,64)73-76(61,62)47-75(59,60)68-8-16-24(23(66-3)33(72-16)49-10-41-17-25(36)39-9-40-26(17)49)74(57,58)67-7-15-21(53)22(54)32(71-15)50-11-42-18-27(50)43-34(37)45-29(18)55/h9-16,20-24,31-33,52-54H,4-8H2,1-3H3,(H12-,36,37,38,39,40,43,44,45,46,47,55,56,57,58,59,60,61,62,63,64)/t13-,14-,15-,16-,20-,21-,22-,23-,24-,31-,32-,33-/m1/s1. The molecule has 3 fully saturated rings. The highest BCUT2D eigenvalue weighted by molar-refractivity contribution is 7.71. The molecule has 0 aliphatic carbocycles. The minimum absolute atomic E-state index is 0.00117. The fourth-order valence-corrected chi connectivity index (χ4v) is 14.9. The van der Waals surface area contributed by atoms with Crippen molar-refractivity contribution < 1.29 is 99.3 Å². The number of nitrogens with zero attached hydrogens (tertiary/aromatic N) is 10. The molecule has 16 atom stereocenters. The van der Waals surface area contributed by atoms with Crippen LogP contribution in [0.15, 0.2) is 34.9 Å². The molecule has 0 saturated carbocycles. The third-order valence-electron chi connectivity index (χ3n) is 12.6. The molecule has 0 spiro atoms. The molecular formula is C35H50N16O22P4. The van der Waals surface area contributed by atoms with E-state index in [4.69, 9.17) is 54.5 Å². The summed E-state index contributed by atoms with van der Waals surface area (Å²) in [7, 11) is -19.0. The number of fused-ring (bicyclic) bond motifs is 3. The minimum Gasteiger partial charge on any atom is -0.778 e. The summed E-state index contributed by atoms with van der Waals surface area (Å²) in [5.41, 5.74) is 13.7. The van der Waals surface area contributed by atoms with Crippen molar-refractivity contribution in [2.45, 2.75) is 73.5 Å². The summed E-state index contributed by atoms with van der Waals surface area (Å²) in [6, 6.07) is 0. The van der Waals surface area contributed by atoms with Crippen molar-refractivity contribution in [2.24, 2.45) is 13.0 Å². The smallest absolute Gasteiger partial charge is 0.480 e. The van der Waals surface area contributed by atoms with Gasteiger partial charge in [-0.15, -0.1) is 4.86 Å². The van der Waals surface area contributed by atoms with Crippen LogP contribution in [0, 0.1) is 5.92 Å². The molecule has 6 aromatic heterocycles. The molecule has 3 aliphatic heterocycles. The van der Waals surface area contributed by atoms with E-state index in [9.17, 15) is 62.7 Å². The lowest BCUT2D eigenvalue weighted by Gasteiger charge is -2.35. The average Bonchev–Trinajstić information content (AvgIpc) is 4.20. The number of aromatic amines is 2. The maximum absolute atomic E-state index is 14.3. The summed E-state index contributed by atoms with van der Waals surface area (Å²) >= 11 is 0. The van der Waals surface area contributed by atoms with Gasteiger partial charge < -0.3 is 84.9 Å². The molecule has 9 heterocycles. The number of hydrogen-bond acceptors (Lipinski definition) is 28. The van der Waals surface area contributed by atoms with Crippen molar-refractivity contribution in [3.8, 4) is 0 Å². The number of methoxy groups -OCH3 is 2. The average molecular weight is 1170 g/mol. The first-order valence-electron chi connectivity index (χ1n) is 22.4. The maximum atomic E-state index is 14.3. The molecule has 3 aliphatic rings. The van der Waals surface area contributed by atoms with Crippen molar-refractivity contribution in [3.05, 3.63) is 46.0 Å². The van der Waals surface area contributed by atoms with E-state index < -0.39 is 135 Å². The summed E-state index contributed by atoms with van der Waals surface area (Å²) in [6.07, 6.45) is -11.2. The van der Waals surface area contributed by atoms with Gasteiger partial charge in [0.1, 0.15) is 50.0 Å². The van der Waals surface area contributed by atoms with E-state index in [2.05, 4.69) is 44.2 Å². The Morgan fingerprint density at radius 2 is 1.35 bits per heavy atom. The van der Waals surface area contributed by atoms with E-state index in [-0.39, 0.29) is 64.2 Å². The summed E-state index contributed by atoms with van der Waals surface area (Å²) in [6.45, 7) is -3.15. The van der Waals surface area contributed by atoms with Gasteiger partial charge in [0.2, 0.25) is 24.5 Å². The van der Waals surface area contributed by atoms with Crippen molar-refractivity contribution in [3.63, 3.8) is 0 Å². The molecule has 0 bridgehead atoms. The van der Waals surface area contributed by atoms with E-state index in [0.29, 0.717) is 0 Å². The molecule has 4 unspecified atom stereocenters. The van der Waals surface area contributed by atoms with E-state index >= 15 is 0 Å². The summed E-state index contributed by atoms with van der Waals surface area (Å²) < 4.78 is 108. The largest absolute Gasteiger partial charge is 0.778 e. The molecule has 77 heavy (non-hydrogen) atoms. The monoisotopic (exact) mass is 1170 g/mol. The third-order valence-corrected chi connectivity index (χ3v) is 19.2. The lowest BCUT2D eigenvalue weighted by atomic mass is 9.95. The van der Waals surface area contributed by atoms with Gasteiger partial charge in [-0.2, -0.15) is 18.8 Å². The first-order chi connectivity index (χ1) is 36.2. The molecule has 0 aromatic carbocycles. The van der Waals surface area contributed by atoms with Crippen LogP contribution in [0.2, 0.25) is 0 Å². The Hall–Kier alpha value is -5.11. The number of aryl methyl sites for hydroxylation is 1. The predicted molar refractivity (Wildman–Crippen MR) is 252 cm³/mol. The molecule has 422 valence electrons. The number of phosphoric ester groups is 1. The number of nitrogens with two attached hydrogens (primary N) is 3. The molecule has 15 N–H and O–H groups in total. The highest BCUT2D eigenvalue weighted by Gasteiger charge is 2.55. The number of nitrogens with one attached hydrogen (secondary N) is 3. The Kier molecular flexibility index (Phi) is 15.8. The van der Waals surface area contributed by atoms with Gasteiger partial charge in [0.05, 0.1) is 57.4 Å². The van der Waals surface area contributed by atoms with Gasteiger partial charge in [-0.05, 0) is 6.42 Å². The highest BCUT2D eigenvalue weighted by atomic mass is 31.3. The molecule has 0 amide bonds. The zero-order valence-corrected chi connectivity index (χ0v) is 43.6. The summed E-state index contributed by atoms with van der Waals surface area (Å²) in [4.78, 5) is 101. The lowest BCUT2D eigenvalue weighted by Crippen LogP contribution is -2.40. The summed E-state index contributed by atoms with van der Waals surface area (Å²) in [5.74, 6) is -1.59. The number of ether oxygens (including phenoxy) is 5. The number of H-pyrrole nitrogens is 2. The van der Waals surface area contributed by atoms with Gasteiger partial charge in [0.15, 0.2) is 35.1 Å². The first-order valence-corrected chi connectivity index (χ1v) is 28.7. The van der Waals surface area contributed by atoms with Crippen LogP contribution in [0.1, 0.15) is 25.1 Å². The van der Waals surface area contributed by atoms with E-state index in [1.165, 1.54) is 39.0 Å². The van der Waals surface area contributed by atoms with Gasteiger partial charge in [0, 0.05) is 26.7 Å². The van der Waals surface area contributed by atoms with Gasteiger partial charge in [-0.1, -0.05) is 0 Å². The topological polar surface area (TPSA) is 548 Å². The predicted octanol–water partition coefficient (Wildman–Crippen LogP) is -4.41. The second-order valence-corrected chi connectivity index (χ2v) is 24.5. The van der Waals surface area contributed by atoms with Gasteiger partial charge in [-0.25, -0.2) is 38.2 Å². The Labute approximate surface area is 429 Å². The number of aliphatic hydroxyl groups excluding tert-OH is 3. The highest BCUT2D eigenvalue weighted by Crippen LogP contribution is 2.63. The number of hydrogen-bond donors (Lipinski definition) is 12. The zero-order valence-electron chi connectivity index (χ0n) is 40.0. The quantitative estimate of drug-likeness (QED) is 0.0239. The third kappa shape index (κ3) is 11.3. The number of aromatic nitrogens is 12. The first kappa shape index (κ1) is 56.6. The molecule has 42 heteroatoms. The van der Waals surface area contributed by atoms with Crippen molar-refractivity contribution >= 4 is 82.1 Å². The SMILES string of the molecule is COCC[C@H]1[C@@H](O)[C@H](n2c[n+](C)c3c(=O)[nH]c(N)nc32)O[C@@H]1COP(=O)(O)OP(=O)(O)NP(=O)(O)OC[C@H]1O[C@@H](n2cnc3c(N)ncnc32)[C@H](OC)[C@@H]1P(=O)([O-])OC[C@H]1O[C@@H](n2cnc3c(=O)[nH]c(N)nc32)[C@H](O)[C@@H]1O. The molecule has 9 rings (SSSR count). The maximum Gasteiger partial charge on any atom is 0.480 e. The van der Waals surface area contributed by atoms with Crippen LogP contribution in [0.3, 0.4) is 0 Å². The number of anilines is 3. The molecule has 38 nitrogen and oxygen atoms in total. The van der Waals surface area contributed by atoms with E-state index in [0.717, 1.165) is 30.7 Å². The normalized spacial score (nSPS) is 30.0.